The minimum atomic E-state index is -0.454. The van der Waals surface area contributed by atoms with Gasteiger partial charge in [-0.2, -0.15) is 10.1 Å². The van der Waals surface area contributed by atoms with Crippen molar-refractivity contribution < 1.29 is 18.9 Å². The van der Waals surface area contributed by atoms with E-state index in [2.05, 4.69) is 17.3 Å². The van der Waals surface area contributed by atoms with Crippen molar-refractivity contribution in [1.82, 2.24) is 5.01 Å². The Morgan fingerprint density at radius 2 is 1.77 bits per heavy atom. The number of nitro benzene ring substituents is 1. The molecule has 0 N–H and O–H groups in total. The predicted molar refractivity (Wildman–Crippen MR) is 107 cm³/mol. The number of hydrazone groups is 1. The van der Waals surface area contributed by atoms with Crippen LogP contribution in [0.15, 0.2) is 52.0 Å². The summed E-state index contributed by atoms with van der Waals surface area (Å²) < 4.78 is 5.69. The molecule has 1 saturated carbocycles. The lowest BCUT2D eigenvalue weighted by Gasteiger charge is -2.37. The van der Waals surface area contributed by atoms with E-state index in [0.717, 1.165) is 23.4 Å². The molecular formula is C22H19N3O5. The van der Waals surface area contributed by atoms with Gasteiger partial charge in [-0.15, -0.1) is 0 Å². The molecule has 6 rings (SSSR count). The molecule has 2 aromatic rings. The highest BCUT2D eigenvalue weighted by Crippen LogP contribution is 2.49. The fourth-order valence-corrected chi connectivity index (χ4v) is 4.85. The van der Waals surface area contributed by atoms with Crippen LogP contribution in [-0.2, 0) is 9.59 Å². The van der Waals surface area contributed by atoms with E-state index in [0.29, 0.717) is 17.1 Å². The summed E-state index contributed by atoms with van der Waals surface area (Å²) in [5.41, 5.74) is 1.08. The van der Waals surface area contributed by atoms with Crippen LogP contribution >= 0.6 is 0 Å². The maximum atomic E-state index is 12.8. The van der Waals surface area contributed by atoms with Crippen LogP contribution in [0, 0.1) is 40.7 Å². The number of allylic oxidation sites excluding steroid dienone is 2. The van der Waals surface area contributed by atoms with E-state index in [4.69, 9.17) is 4.42 Å². The molecule has 152 valence electrons. The maximum Gasteiger partial charge on any atom is 0.280 e. The first-order valence-corrected chi connectivity index (χ1v) is 9.89. The minimum absolute atomic E-state index is 0.0511. The fraction of sp³-hybridized carbons (Fsp3) is 0.318. The number of benzene rings is 1. The van der Waals surface area contributed by atoms with Gasteiger partial charge in [-0.3, -0.25) is 19.7 Å². The van der Waals surface area contributed by atoms with Crippen molar-refractivity contribution in [2.75, 3.05) is 0 Å². The molecule has 30 heavy (non-hydrogen) atoms. The summed E-state index contributed by atoms with van der Waals surface area (Å²) in [7, 11) is 0. The highest BCUT2D eigenvalue weighted by Gasteiger charge is 2.56. The first kappa shape index (κ1) is 18.5. The molecule has 4 atom stereocenters. The lowest BCUT2D eigenvalue weighted by atomic mass is 9.63. The Morgan fingerprint density at radius 1 is 1.10 bits per heavy atom. The first-order valence-electron chi connectivity index (χ1n) is 9.89. The number of nitro groups is 1. The molecule has 0 unspecified atom stereocenters. The zero-order valence-corrected chi connectivity index (χ0v) is 16.2. The molecule has 2 fully saturated rings. The Morgan fingerprint density at radius 3 is 2.37 bits per heavy atom. The lowest BCUT2D eigenvalue weighted by Crippen LogP contribution is -2.38. The zero-order chi connectivity index (χ0) is 21.0. The third-order valence-electron chi connectivity index (χ3n) is 6.28. The number of hydrogen-bond donors (Lipinski definition) is 0. The number of rotatable bonds is 4. The molecule has 3 aliphatic carbocycles. The number of carbonyl (C=O) groups is 2. The second-order valence-electron chi connectivity index (χ2n) is 8.05. The van der Waals surface area contributed by atoms with Crippen molar-refractivity contribution in [3.05, 3.63) is 63.9 Å². The highest BCUT2D eigenvalue weighted by molar-refractivity contribution is 6.06. The van der Waals surface area contributed by atoms with Gasteiger partial charge in [-0.05, 0) is 55.4 Å². The van der Waals surface area contributed by atoms with Crippen LogP contribution in [0.3, 0.4) is 0 Å². The molecule has 2 bridgehead atoms. The minimum Gasteiger partial charge on any atom is -0.455 e. The Balaban J connectivity index is 1.40. The number of carbonyl (C=O) groups excluding carboxylic acids is 2. The van der Waals surface area contributed by atoms with Gasteiger partial charge in [0.05, 0.1) is 28.5 Å². The third-order valence-corrected chi connectivity index (χ3v) is 6.28. The normalized spacial score (nSPS) is 27.3. The van der Waals surface area contributed by atoms with E-state index in [9.17, 15) is 19.7 Å². The standard InChI is InChI=1S/C22H19N3O5/c1-12-2-8-16(17(10-12)25(28)29)18-9-7-15(30-18)11-23-24-21(26)19-13-3-4-14(6-5-13)20(19)22(24)27/h2-4,7-11,13-14,19-20H,5-6H2,1H3/b23-11-/t13-,14-,19-,20-/m1/s1. The van der Waals surface area contributed by atoms with E-state index in [-0.39, 0.29) is 41.2 Å². The fourth-order valence-electron chi connectivity index (χ4n) is 4.85. The van der Waals surface area contributed by atoms with Crippen LogP contribution in [0.2, 0.25) is 0 Å². The predicted octanol–water partition coefficient (Wildman–Crippen LogP) is 3.69. The molecule has 1 aliphatic heterocycles. The summed E-state index contributed by atoms with van der Waals surface area (Å²) in [6.07, 6.45) is 7.28. The van der Waals surface area contributed by atoms with Crippen molar-refractivity contribution in [2.24, 2.45) is 28.8 Å². The van der Waals surface area contributed by atoms with Crippen molar-refractivity contribution in [3.63, 3.8) is 0 Å². The van der Waals surface area contributed by atoms with Crippen molar-refractivity contribution in [1.29, 1.82) is 0 Å². The van der Waals surface area contributed by atoms with Crippen molar-refractivity contribution in [3.8, 4) is 11.3 Å². The molecule has 2 heterocycles. The lowest BCUT2D eigenvalue weighted by molar-refractivity contribution is -0.384. The Hall–Kier alpha value is -3.55. The van der Waals surface area contributed by atoms with Crippen molar-refractivity contribution in [2.45, 2.75) is 19.8 Å². The molecule has 8 nitrogen and oxygen atoms in total. The summed E-state index contributed by atoms with van der Waals surface area (Å²) in [4.78, 5) is 36.5. The Bertz CT molecular complexity index is 1100. The molecule has 2 amide bonds. The van der Waals surface area contributed by atoms with E-state index in [1.807, 2.05) is 0 Å². The first-order chi connectivity index (χ1) is 14.4. The molecular weight excluding hydrogens is 386 g/mol. The third kappa shape index (κ3) is 2.79. The van der Waals surface area contributed by atoms with Gasteiger partial charge in [0.2, 0.25) is 0 Å². The second kappa shape index (κ2) is 6.76. The molecule has 0 radical (unpaired) electrons. The SMILES string of the molecule is Cc1ccc(-c2ccc(/C=N\N3C(=O)[C@H]4[C@H](C3=O)[C@@H]3C=C[C@@H]4CC3)o2)c([N+](=O)[O-])c1. The molecule has 4 aliphatic rings. The summed E-state index contributed by atoms with van der Waals surface area (Å²) in [6.45, 7) is 1.78. The van der Waals surface area contributed by atoms with Gasteiger partial charge in [-0.1, -0.05) is 18.2 Å². The number of furan rings is 1. The van der Waals surface area contributed by atoms with Gasteiger partial charge in [0.15, 0.2) is 0 Å². The number of aryl methyl sites for hydroxylation is 1. The van der Waals surface area contributed by atoms with Crippen LogP contribution < -0.4 is 0 Å². The van der Waals surface area contributed by atoms with Gasteiger partial charge in [0, 0.05) is 6.07 Å². The van der Waals surface area contributed by atoms with Gasteiger partial charge >= 0.3 is 0 Å². The van der Waals surface area contributed by atoms with Gasteiger partial charge in [0.1, 0.15) is 11.5 Å². The molecule has 1 saturated heterocycles. The Labute approximate surface area is 172 Å². The molecule has 8 heteroatoms. The monoisotopic (exact) mass is 405 g/mol. The summed E-state index contributed by atoms with van der Waals surface area (Å²) in [6, 6.07) is 8.10. The number of fused-ring (bicyclic) bond motifs is 1. The summed E-state index contributed by atoms with van der Waals surface area (Å²) >= 11 is 0. The van der Waals surface area contributed by atoms with Gasteiger partial charge in [0.25, 0.3) is 17.5 Å². The largest absolute Gasteiger partial charge is 0.455 e. The molecule has 0 spiro atoms. The molecule has 1 aromatic carbocycles. The molecule has 1 aromatic heterocycles. The van der Waals surface area contributed by atoms with Crippen molar-refractivity contribution >= 4 is 23.7 Å². The zero-order valence-electron chi connectivity index (χ0n) is 16.2. The summed E-state index contributed by atoms with van der Waals surface area (Å²) in [5.74, 6) is -0.332. The Kier molecular flexibility index (Phi) is 4.16. The van der Waals surface area contributed by atoms with E-state index in [1.54, 1.807) is 31.2 Å². The average Bonchev–Trinajstić information content (AvgIpc) is 3.31. The number of amides is 2. The second-order valence-corrected chi connectivity index (χ2v) is 8.05. The number of nitrogens with zero attached hydrogens (tertiary/aromatic N) is 3. The number of imide groups is 1. The smallest absolute Gasteiger partial charge is 0.280 e. The van der Waals surface area contributed by atoms with Crippen LogP contribution in [0.25, 0.3) is 11.3 Å². The van der Waals surface area contributed by atoms with Crippen LogP contribution in [0.1, 0.15) is 24.2 Å². The van der Waals surface area contributed by atoms with Crippen LogP contribution in [-0.4, -0.2) is 28.0 Å². The highest BCUT2D eigenvalue weighted by atomic mass is 16.6. The van der Waals surface area contributed by atoms with E-state index in [1.165, 1.54) is 12.3 Å². The van der Waals surface area contributed by atoms with Gasteiger partial charge in [-0.25, -0.2) is 0 Å². The van der Waals surface area contributed by atoms with E-state index >= 15 is 0 Å². The quantitative estimate of drug-likeness (QED) is 0.254. The number of hydrogen-bond acceptors (Lipinski definition) is 6. The topological polar surface area (TPSA) is 106 Å². The van der Waals surface area contributed by atoms with Crippen LogP contribution in [0.5, 0.6) is 0 Å². The van der Waals surface area contributed by atoms with E-state index < -0.39 is 4.92 Å². The summed E-state index contributed by atoms with van der Waals surface area (Å²) in [5, 5.41) is 16.4. The van der Waals surface area contributed by atoms with Gasteiger partial charge < -0.3 is 4.42 Å². The van der Waals surface area contributed by atoms with Crippen LogP contribution in [0.4, 0.5) is 5.69 Å². The average molecular weight is 405 g/mol. The maximum absolute atomic E-state index is 12.8.